The van der Waals surface area contributed by atoms with Crippen molar-refractivity contribution >= 4 is 40.1 Å². The van der Waals surface area contributed by atoms with Gasteiger partial charge in [0.25, 0.3) is 0 Å². The van der Waals surface area contributed by atoms with E-state index < -0.39 is 0 Å². The van der Waals surface area contributed by atoms with Crippen molar-refractivity contribution < 1.29 is 4.79 Å². The highest BCUT2D eigenvalue weighted by Crippen LogP contribution is 2.21. The second kappa shape index (κ2) is 7.33. The highest BCUT2D eigenvalue weighted by molar-refractivity contribution is 7.16. The van der Waals surface area contributed by atoms with Crippen molar-refractivity contribution in [2.75, 3.05) is 5.32 Å². The van der Waals surface area contributed by atoms with E-state index in [1.807, 2.05) is 19.1 Å². The molecule has 5 nitrogen and oxygen atoms in total. The Morgan fingerprint density at radius 3 is 2.86 bits per heavy atom. The minimum absolute atomic E-state index is 0.218. The van der Waals surface area contributed by atoms with Crippen LogP contribution in [0.2, 0.25) is 0 Å². The number of nitrogens with one attached hydrogen (secondary N) is 2. The van der Waals surface area contributed by atoms with Crippen LogP contribution in [-0.4, -0.2) is 17.1 Å². The van der Waals surface area contributed by atoms with Gasteiger partial charge in [-0.2, -0.15) is 0 Å². The lowest BCUT2D eigenvalue weighted by atomic mass is 10.0. The fourth-order valence-electron chi connectivity index (χ4n) is 1.85. The van der Waals surface area contributed by atoms with Gasteiger partial charge in [-0.25, -0.2) is 0 Å². The van der Waals surface area contributed by atoms with Crippen molar-refractivity contribution in [3.05, 3.63) is 58.9 Å². The molecule has 0 saturated carbocycles. The van der Waals surface area contributed by atoms with Crippen LogP contribution in [0.1, 0.15) is 16.0 Å². The Kier molecular flexibility index (Phi) is 5.21. The van der Waals surface area contributed by atoms with Crippen molar-refractivity contribution in [2.45, 2.75) is 6.92 Å². The Hall–Kier alpha value is -2.73. The normalized spacial score (nSPS) is 11.6. The van der Waals surface area contributed by atoms with E-state index in [1.54, 1.807) is 24.5 Å². The lowest BCUT2D eigenvalue weighted by Crippen LogP contribution is -2.06. The van der Waals surface area contributed by atoms with Crippen LogP contribution in [0.15, 0.2) is 42.9 Å². The van der Waals surface area contributed by atoms with Crippen LogP contribution in [0.4, 0.5) is 5.00 Å². The largest absolute Gasteiger partial charge is 0.404 e. The van der Waals surface area contributed by atoms with Gasteiger partial charge in [0.2, 0.25) is 5.91 Å². The SMILES string of the molecule is Cc1ccc(NC(=O)/C=C/c2cnccc2/C(C=N)=C/N)s1. The average Bonchev–Trinajstić information content (AvgIpc) is 2.92. The molecule has 0 aliphatic rings. The van der Waals surface area contributed by atoms with E-state index >= 15 is 0 Å². The first-order valence-corrected chi connectivity index (χ1v) is 7.38. The van der Waals surface area contributed by atoms with E-state index in [1.165, 1.54) is 29.8 Å². The summed E-state index contributed by atoms with van der Waals surface area (Å²) in [6.45, 7) is 1.98. The summed E-state index contributed by atoms with van der Waals surface area (Å²) in [7, 11) is 0. The molecular formula is C16H16N4OS. The van der Waals surface area contributed by atoms with Gasteiger partial charge in [-0.15, -0.1) is 11.3 Å². The molecule has 2 aromatic heterocycles. The van der Waals surface area contributed by atoms with Gasteiger partial charge in [0, 0.05) is 46.9 Å². The summed E-state index contributed by atoms with van der Waals surface area (Å²) in [5.74, 6) is -0.218. The van der Waals surface area contributed by atoms with Crippen LogP contribution in [0.5, 0.6) is 0 Å². The summed E-state index contributed by atoms with van der Waals surface area (Å²) in [6, 6.07) is 5.57. The Balaban J connectivity index is 2.16. The smallest absolute Gasteiger partial charge is 0.248 e. The number of thiophene rings is 1. The van der Waals surface area contributed by atoms with Gasteiger partial charge in [0.05, 0.1) is 5.00 Å². The van der Waals surface area contributed by atoms with Crippen molar-refractivity contribution in [1.29, 1.82) is 5.41 Å². The number of carbonyl (C=O) groups excluding carboxylic acids is 1. The van der Waals surface area contributed by atoms with Crippen molar-refractivity contribution in [1.82, 2.24) is 4.98 Å². The lowest BCUT2D eigenvalue weighted by molar-refractivity contribution is -0.111. The molecule has 0 saturated heterocycles. The quantitative estimate of drug-likeness (QED) is 0.585. The van der Waals surface area contributed by atoms with Gasteiger partial charge in [0.15, 0.2) is 0 Å². The number of nitrogens with zero attached hydrogens (tertiary/aromatic N) is 1. The Morgan fingerprint density at radius 2 is 2.23 bits per heavy atom. The molecule has 0 spiro atoms. The summed E-state index contributed by atoms with van der Waals surface area (Å²) in [4.78, 5) is 17.1. The number of aromatic nitrogens is 1. The number of pyridine rings is 1. The van der Waals surface area contributed by atoms with Gasteiger partial charge in [-0.3, -0.25) is 9.78 Å². The summed E-state index contributed by atoms with van der Waals surface area (Å²) >= 11 is 1.52. The van der Waals surface area contributed by atoms with E-state index in [9.17, 15) is 4.79 Å². The molecule has 112 valence electrons. The Morgan fingerprint density at radius 1 is 1.41 bits per heavy atom. The number of carbonyl (C=O) groups is 1. The molecule has 2 aromatic rings. The van der Waals surface area contributed by atoms with Crippen LogP contribution in [0, 0.1) is 12.3 Å². The number of aryl methyl sites for hydroxylation is 1. The number of amides is 1. The molecule has 0 atom stereocenters. The summed E-state index contributed by atoms with van der Waals surface area (Å²) < 4.78 is 0. The zero-order valence-corrected chi connectivity index (χ0v) is 12.9. The van der Waals surface area contributed by atoms with E-state index in [2.05, 4.69) is 10.3 Å². The molecule has 6 heteroatoms. The molecule has 0 unspecified atom stereocenters. The minimum atomic E-state index is -0.218. The summed E-state index contributed by atoms with van der Waals surface area (Å²) in [6.07, 6.45) is 8.86. The number of rotatable bonds is 5. The predicted octanol–water partition coefficient (Wildman–Crippen LogP) is 3.05. The first kappa shape index (κ1) is 15.7. The molecule has 1 amide bonds. The summed E-state index contributed by atoms with van der Waals surface area (Å²) in [5, 5.41) is 11.0. The van der Waals surface area contributed by atoms with Gasteiger partial charge in [-0.1, -0.05) is 0 Å². The Bertz CT molecular complexity index is 746. The lowest BCUT2D eigenvalue weighted by Gasteiger charge is -2.05. The average molecular weight is 312 g/mol. The van der Waals surface area contributed by atoms with Crippen molar-refractivity contribution in [3.63, 3.8) is 0 Å². The van der Waals surface area contributed by atoms with Gasteiger partial charge in [0.1, 0.15) is 0 Å². The van der Waals surface area contributed by atoms with E-state index in [-0.39, 0.29) is 5.91 Å². The monoisotopic (exact) mass is 312 g/mol. The summed E-state index contributed by atoms with van der Waals surface area (Å²) in [5.41, 5.74) is 7.55. The molecule has 0 aliphatic heterocycles. The molecule has 2 rings (SSSR count). The highest BCUT2D eigenvalue weighted by atomic mass is 32.1. The fraction of sp³-hybridized carbons (Fsp3) is 0.0625. The van der Waals surface area contributed by atoms with Crippen LogP contribution in [0.3, 0.4) is 0 Å². The van der Waals surface area contributed by atoms with E-state index in [4.69, 9.17) is 11.1 Å². The third-order valence-corrected chi connectivity index (χ3v) is 3.82. The van der Waals surface area contributed by atoms with Crippen LogP contribution in [-0.2, 0) is 4.79 Å². The molecule has 0 fully saturated rings. The topological polar surface area (TPSA) is 91.9 Å². The predicted molar refractivity (Wildman–Crippen MR) is 91.9 cm³/mol. The maximum atomic E-state index is 11.9. The number of nitrogens with two attached hydrogens (primary N) is 1. The van der Waals surface area contributed by atoms with Crippen molar-refractivity contribution in [3.8, 4) is 0 Å². The van der Waals surface area contributed by atoms with Gasteiger partial charge < -0.3 is 16.5 Å². The van der Waals surface area contributed by atoms with Crippen LogP contribution < -0.4 is 11.1 Å². The van der Waals surface area contributed by atoms with Gasteiger partial charge in [-0.05, 0) is 36.8 Å². The standard InChI is InChI=1S/C16H16N4OS/c1-11-2-5-16(22-11)20-15(21)4-3-12-10-19-7-6-14(12)13(8-17)9-18/h2-10,17H,18H2,1H3,(H,20,21)/b4-3+,13-9+,17-8?. The number of hydrogen-bond donors (Lipinski definition) is 3. The van der Waals surface area contributed by atoms with E-state index in [0.717, 1.165) is 21.0 Å². The van der Waals surface area contributed by atoms with Gasteiger partial charge >= 0.3 is 0 Å². The Labute approximate surface area is 132 Å². The third kappa shape index (κ3) is 3.89. The first-order chi connectivity index (χ1) is 10.6. The van der Waals surface area contributed by atoms with Crippen LogP contribution in [0.25, 0.3) is 11.6 Å². The minimum Gasteiger partial charge on any atom is -0.404 e. The maximum Gasteiger partial charge on any atom is 0.248 e. The zero-order chi connectivity index (χ0) is 15.9. The molecule has 0 aliphatic carbocycles. The molecule has 4 N–H and O–H groups in total. The number of anilines is 1. The zero-order valence-electron chi connectivity index (χ0n) is 12.0. The molecule has 0 radical (unpaired) electrons. The molecular weight excluding hydrogens is 296 g/mol. The first-order valence-electron chi connectivity index (χ1n) is 6.56. The highest BCUT2D eigenvalue weighted by Gasteiger charge is 2.05. The molecule has 0 aromatic carbocycles. The molecule has 0 bridgehead atoms. The fourth-order valence-corrected chi connectivity index (χ4v) is 2.62. The van der Waals surface area contributed by atoms with Crippen LogP contribution >= 0.6 is 11.3 Å². The van der Waals surface area contributed by atoms with E-state index in [0.29, 0.717) is 5.57 Å². The number of allylic oxidation sites excluding steroid dienone is 1. The maximum absolute atomic E-state index is 11.9. The molecule has 2 heterocycles. The second-order valence-electron chi connectivity index (χ2n) is 4.46. The van der Waals surface area contributed by atoms with Crippen molar-refractivity contribution in [2.24, 2.45) is 5.73 Å². The third-order valence-electron chi connectivity index (χ3n) is 2.90. The number of hydrogen-bond acceptors (Lipinski definition) is 5. The second-order valence-corrected chi connectivity index (χ2v) is 5.75. The molecule has 22 heavy (non-hydrogen) atoms.